The minimum atomic E-state index is -0.946. The minimum Gasteiger partial charge on any atom is -0.469 e. The molecule has 0 radical (unpaired) electrons. The minimum absolute atomic E-state index is 0.0511. The number of amides is 2. The lowest BCUT2D eigenvalue weighted by atomic mass is 9.81. The van der Waals surface area contributed by atoms with E-state index in [1.54, 1.807) is 0 Å². The molecule has 7 nitrogen and oxygen atoms in total. The third-order valence-corrected chi connectivity index (χ3v) is 5.76. The van der Waals surface area contributed by atoms with Gasteiger partial charge in [0, 0.05) is 24.9 Å². The van der Waals surface area contributed by atoms with E-state index >= 15 is 0 Å². The second-order valence-corrected chi connectivity index (χ2v) is 7.07. The van der Waals surface area contributed by atoms with Crippen LogP contribution in [0.5, 0.6) is 0 Å². The number of rotatable bonds is 5. The Bertz CT molecular complexity index is 735. The van der Waals surface area contributed by atoms with Gasteiger partial charge in [0.15, 0.2) is 0 Å². The topological polar surface area (TPSA) is 87.2 Å². The van der Waals surface area contributed by atoms with Gasteiger partial charge in [-0.25, -0.2) is 4.79 Å². The first-order valence-electron chi connectivity index (χ1n) is 9.47. The summed E-state index contributed by atoms with van der Waals surface area (Å²) in [5.41, 5.74) is 1.54. The molecule has 2 amide bonds. The summed E-state index contributed by atoms with van der Waals surface area (Å²) in [6.45, 7) is 2.43. The first kappa shape index (κ1) is 19.2. The Morgan fingerprint density at radius 1 is 1.22 bits per heavy atom. The van der Waals surface area contributed by atoms with Crippen LogP contribution in [0.2, 0.25) is 0 Å². The highest BCUT2D eigenvalue weighted by atomic mass is 16.5. The predicted octanol–water partition coefficient (Wildman–Crippen LogP) is 3.20. The number of anilines is 1. The molecule has 1 fully saturated rings. The highest BCUT2D eigenvalue weighted by Gasteiger charge is 2.48. The summed E-state index contributed by atoms with van der Waals surface area (Å²) in [5, 5.41) is 9.79. The molecule has 1 aliphatic heterocycles. The number of fused-ring (bicyclic) bond motifs is 2. The van der Waals surface area contributed by atoms with Gasteiger partial charge in [0.1, 0.15) is 0 Å². The zero-order chi connectivity index (χ0) is 19.6. The van der Waals surface area contributed by atoms with Crippen LogP contribution in [0.25, 0.3) is 0 Å². The van der Waals surface area contributed by atoms with E-state index in [0.717, 1.165) is 24.8 Å². The SMILES string of the molecule is CCN(C(=O)CCC(=O)OC)C1c2ccccc2N(C(=O)O)C2CCCC12. The molecule has 1 aromatic rings. The predicted molar refractivity (Wildman–Crippen MR) is 99.5 cm³/mol. The van der Waals surface area contributed by atoms with Crippen LogP contribution in [0.3, 0.4) is 0 Å². The van der Waals surface area contributed by atoms with Crippen LogP contribution in [0, 0.1) is 5.92 Å². The molecule has 1 aromatic carbocycles. The molecule has 0 aromatic heterocycles. The number of nitrogens with zero attached hydrogens (tertiary/aromatic N) is 2. The van der Waals surface area contributed by atoms with Crippen LogP contribution < -0.4 is 4.90 Å². The Morgan fingerprint density at radius 3 is 2.63 bits per heavy atom. The fourth-order valence-electron chi connectivity index (χ4n) is 4.65. The van der Waals surface area contributed by atoms with Gasteiger partial charge in [0.2, 0.25) is 5.91 Å². The van der Waals surface area contributed by atoms with Gasteiger partial charge >= 0.3 is 12.1 Å². The van der Waals surface area contributed by atoms with Crippen LogP contribution >= 0.6 is 0 Å². The Hall–Kier alpha value is -2.57. The average Bonchev–Trinajstić information content (AvgIpc) is 3.14. The van der Waals surface area contributed by atoms with Gasteiger partial charge < -0.3 is 14.7 Å². The number of carbonyl (C=O) groups excluding carboxylic acids is 2. The number of esters is 1. The van der Waals surface area contributed by atoms with E-state index in [4.69, 9.17) is 0 Å². The first-order valence-corrected chi connectivity index (χ1v) is 9.47. The van der Waals surface area contributed by atoms with Crippen LogP contribution in [0.15, 0.2) is 24.3 Å². The number of carboxylic acid groups (broad SMARTS) is 1. The van der Waals surface area contributed by atoms with Crippen LogP contribution in [0.4, 0.5) is 10.5 Å². The number of hydrogen-bond donors (Lipinski definition) is 1. The molecule has 3 atom stereocenters. The molecule has 0 spiro atoms. The largest absolute Gasteiger partial charge is 0.469 e. The van der Waals surface area contributed by atoms with E-state index in [-0.39, 0.29) is 36.8 Å². The third-order valence-electron chi connectivity index (χ3n) is 5.76. The number of methoxy groups -OCH3 is 1. The Kier molecular flexibility index (Phi) is 5.68. The van der Waals surface area contributed by atoms with E-state index in [0.29, 0.717) is 12.2 Å². The quantitative estimate of drug-likeness (QED) is 0.800. The van der Waals surface area contributed by atoms with E-state index in [9.17, 15) is 19.5 Å². The van der Waals surface area contributed by atoms with E-state index < -0.39 is 12.1 Å². The average molecular weight is 374 g/mol. The molecule has 146 valence electrons. The first-order chi connectivity index (χ1) is 13.0. The molecular formula is C20H26N2O5. The van der Waals surface area contributed by atoms with Crippen LogP contribution in [-0.4, -0.2) is 47.7 Å². The lowest BCUT2D eigenvalue weighted by Crippen LogP contribution is -2.52. The Labute approximate surface area is 158 Å². The smallest absolute Gasteiger partial charge is 0.412 e. The summed E-state index contributed by atoms with van der Waals surface area (Å²) in [4.78, 5) is 39.6. The molecule has 3 unspecified atom stereocenters. The summed E-state index contributed by atoms with van der Waals surface area (Å²) in [6.07, 6.45) is 1.83. The molecule has 27 heavy (non-hydrogen) atoms. The van der Waals surface area contributed by atoms with Crippen molar-refractivity contribution in [1.82, 2.24) is 4.90 Å². The summed E-state index contributed by atoms with van der Waals surface area (Å²) in [7, 11) is 1.31. The second-order valence-electron chi connectivity index (χ2n) is 7.07. The fourth-order valence-corrected chi connectivity index (χ4v) is 4.65. The molecule has 1 heterocycles. The molecule has 0 saturated heterocycles. The standard InChI is InChI=1S/C20H26N2O5/c1-3-21(17(23)11-12-18(24)27-2)19-13-7-4-5-9-15(13)22(20(25)26)16-10-6-8-14(16)19/h4-5,7,9,14,16,19H,3,6,8,10-12H2,1-2H3,(H,25,26). The molecule has 1 saturated carbocycles. The molecule has 3 rings (SSSR count). The third kappa shape index (κ3) is 3.50. The molecule has 0 bridgehead atoms. The number of hydrogen-bond acceptors (Lipinski definition) is 4. The van der Waals surface area contributed by atoms with Crippen molar-refractivity contribution < 1.29 is 24.2 Å². The van der Waals surface area contributed by atoms with Gasteiger partial charge in [-0.2, -0.15) is 0 Å². The van der Waals surface area contributed by atoms with Crippen LogP contribution in [0.1, 0.15) is 50.6 Å². The van der Waals surface area contributed by atoms with Gasteiger partial charge in [-0.1, -0.05) is 24.6 Å². The summed E-state index contributed by atoms with van der Waals surface area (Å²) < 4.78 is 4.64. The molecule has 1 aliphatic carbocycles. The second kappa shape index (κ2) is 7.98. The van der Waals surface area contributed by atoms with E-state index in [1.165, 1.54) is 12.0 Å². The maximum absolute atomic E-state index is 12.9. The van der Waals surface area contributed by atoms with E-state index in [2.05, 4.69) is 4.74 Å². The highest BCUT2D eigenvalue weighted by Crippen LogP contribution is 2.50. The number of para-hydroxylation sites is 1. The molecule has 7 heteroatoms. The maximum atomic E-state index is 12.9. The van der Waals surface area contributed by atoms with Crippen molar-refractivity contribution in [1.29, 1.82) is 0 Å². The lowest BCUT2D eigenvalue weighted by Gasteiger charge is -2.46. The van der Waals surface area contributed by atoms with Gasteiger partial charge in [-0.3, -0.25) is 14.5 Å². The zero-order valence-electron chi connectivity index (χ0n) is 15.8. The molecule has 2 aliphatic rings. The summed E-state index contributed by atoms with van der Waals surface area (Å²) >= 11 is 0. The number of carbonyl (C=O) groups is 3. The van der Waals surface area contributed by atoms with Crippen molar-refractivity contribution in [3.8, 4) is 0 Å². The Morgan fingerprint density at radius 2 is 1.96 bits per heavy atom. The fraction of sp³-hybridized carbons (Fsp3) is 0.550. The van der Waals surface area contributed by atoms with Gasteiger partial charge in [-0.15, -0.1) is 0 Å². The maximum Gasteiger partial charge on any atom is 0.412 e. The van der Waals surface area contributed by atoms with Crippen molar-refractivity contribution in [3.05, 3.63) is 29.8 Å². The molecule has 1 N–H and O–H groups in total. The highest BCUT2D eigenvalue weighted by molar-refractivity contribution is 5.90. The van der Waals surface area contributed by atoms with Crippen LogP contribution in [-0.2, 0) is 14.3 Å². The van der Waals surface area contributed by atoms with Gasteiger partial charge in [-0.05, 0) is 31.4 Å². The molecular weight excluding hydrogens is 348 g/mol. The van der Waals surface area contributed by atoms with Crippen molar-refractivity contribution >= 4 is 23.7 Å². The lowest BCUT2D eigenvalue weighted by molar-refractivity contribution is -0.144. The van der Waals surface area contributed by atoms with Gasteiger partial charge in [0.25, 0.3) is 0 Å². The van der Waals surface area contributed by atoms with Crippen molar-refractivity contribution in [2.24, 2.45) is 5.92 Å². The van der Waals surface area contributed by atoms with Crippen molar-refractivity contribution in [2.45, 2.75) is 51.1 Å². The Balaban J connectivity index is 1.97. The zero-order valence-corrected chi connectivity index (χ0v) is 15.8. The number of benzene rings is 1. The van der Waals surface area contributed by atoms with Crippen molar-refractivity contribution in [3.63, 3.8) is 0 Å². The van der Waals surface area contributed by atoms with Crippen molar-refractivity contribution in [2.75, 3.05) is 18.6 Å². The summed E-state index contributed by atoms with van der Waals surface area (Å²) in [6, 6.07) is 7.16. The monoisotopic (exact) mass is 374 g/mol. The van der Waals surface area contributed by atoms with Gasteiger partial charge in [0.05, 0.1) is 25.3 Å². The van der Waals surface area contributed by atoms with E-state index in [1.807, 2.05) is 36.1 Å². The summed E-state index contributed by atoms with van der Waals surface area (Å²) in [5.74, 6) is -0.436. The number of ether oxygens (including phenoxy) is 1. The normalized spacial score (nSPS) is 23.3.